The number of aryl methyl sites for hydroxylation is 2. The second-order valence-electron chi connectivity index (χ2n) is 7.05. The van der Waals surface area contributed by atoms with Crippen LogP contribution in [0.15, 0.2) is 27.5 Å². The monoisotopic (exact) mass is 394 g/mol. The van der Waals surface area contributed by atoms with Gasteiger partial charge in [0.2, 0.25) is 0 Å². The Morgan fingerprint density at radius 1 is 1.31 bits per heavy atom. The third-order valence-corrected chi connectivity index (χ3v) is 5.19. The van der Waals surface area contributed by atoms with E-state index < -0.39 is 11.6 Å². The molecule has 4 rings (SSSR count). The Hall–Kier alpha value is -3.47. The van der Waals surface area contributed by atoms with Crippen LogP contribution in [0.3, 0.4) is 0 Å². The Morgan fingerprint density at radius 3 is 2.86 bits per heavy atom. The maximum atomic E-state index is 13.5. The van der Waals surface area contributed by atoms with Crippen LogP contribution in [0.2, 0.25) is 0 Å². The van der Waals surface area contributed by atoms with E-state index >= 15 is 0 Å². The summed E-state index contributed by atoms with van der Waals surface area (Å²) in [4.78, 5) is 17.7. The molecule has 7 nitrogen and oxygen atoms in total. The first-order chi connectivity index (χ1) is 14.0. The highest BCUT2D eigenvalue weighted by Gasteiger charge is 2.20. The van der Waals surface area contributed by atoms with Gasteiger partial charge in [0.15, 0.2) is 17.3 Å². The third-order valence-electron chi connectivity index (χ3n) is 5.19. The summed E-state index contributed by atoms with van der Waals surface area (Å²) in [5.41, 5.74) is 2.35. The maximum absolute atomic E-state index is 13.5. The zero-order valence-corrected chi connectivity index (χ0v) is 15.9. The number of halogens is 1. The van der Waals surface area contributed by atoms with Gasteiger partial charge in [-0.3, -0.25) is 9.36 Å². The number of nitriles is 1. The van der Waals surface area contributed by atoms with Gasteiger partial charge in [0, 0.05) is 23.6 Å². The van der Waals surface area contributed by atoms with Crippen LogP contribution in [0, 0.1) is 17.1 Å². The van der Waals surface area contributed by atoms with Gasteiger partial charge in [0.05, 0.1) is 17.8 Å². The van der Waals surface area contributed by atoms with E-state index in [9.17, 15) is 19.6 Å². The number of phenolic OH excluding ortho intramolecular Hbond substituents is 1. The molecular weight excluding hydrogens is 375 g/mol. The SMILES string of the molecule is CCc1nc2c(c(=O)n1Cc1cc(-c3cc(O)c(F)cc3C#N)on1)CCCC2. The molecule has 0 spiro atoms. The molecule has 0 fully saturated rings. The van der Waals surface area contributed by atoms with Crippen molar-refractivity contribution in [3.8, 4) is 23.1 Å². The van der Waals surface area contributed by atoms with Gasteiger partial charge in [-0.25, -0.2) is 9.37 Å². The minimum absolute atomic E-state index is 0.0184. The summed E-state index contributed by atoms with van der Waals surface area (Å²) in [7, 11) is 0. The minimum Gasteiger partial charge on any atom is -0.505 e. The number of rotatable bonds is 4. The van der Waals surface area contributed by atoms with Crippen molar-refractivity contribution in [2.45, 2.75) is 45.6 Å². The first-order valence-electron chi connectivity index (χ1n) is 9.51. The molecule has 0 aliphatic heterocycles. The molecule has 0 unspecified atom stereocenters. The van der Waals surface area contributed by atoms with Gasteiger partial charge in [0.25, 0.3) is 5.56 Å². The van der Waals surface area contributed by atoms with Crippen molar-refractivity contribution in [2.24, 2.45) is 0 Å². The Kier molecular flexibility index (Phi) is 4.89. The van der Waals surface area contributed by atoms with Gasteiger partial charge in [-0.15, -0.1) is 0 Å². The second-order valence-corrected chi connectivity index (χ2v) is 7.05. The fraction of sp³-hybridized carbons (Fsp3) is 0.333. The average Bonchev–Trinajstić information content (AvgIpc) is 3.20. The zero-order valence-electron chi connectivity index (χ0n) is 15.9. The van der Waals surface area contributed by atoms with Gasteiger partial charge in [0.1, 0.15) is 17.6 Å². The first kappa shape index (κ1) is 18.9. The number of fused-ring (bicyclic) bond motifs is 1. The van der Waals surface area contributed by atoms with Crippen LogP contribution in [-0.2, 0) is 25.8 Å². The van der Waals surface area contributed by atoms with Gasteiger partial charge in [-0.2, -0.15) is 5.26 Å². The summed E-state index contributed by atoms with van der Waals surface area (Å²) in [5.74, 6) is -0.564. The quantitative estimate of drug-likeness (QED) is 0.729. The smallest absolute Gasteiger partial charge is 0.257 e. The van der Waals surface area contributed by atoms with Crippen LogP contribution >= 0.6 is 0 Å². The average molecular weight is 394 g/mol. The van der Waals surface area contributed by atoms with Crippen molar-refractivity contribution in [1.82, 2.24) is 14.7 Å². The predicted octanol–water partition coefficient (Wildman–Crippen LogP) is 3.10. The predicted molar refractivity (Wildman–Crippen MR) is 102 cm³/mol. The minimum atomic E-state index is -0.885. The lowest BCUT2D eigenvalue weighted by atomic mass is 9.97. The van der Waals surface area contributed by atoms with Gasteiger partial charge in [-0.1, -0.05) is 12.1 Å². The molecule has 1 aliphatic rings. The van der Waals surface area contributed by atoms with Crippen LogP contribution < -0.4 is 5.56 Å². The normalized spacial score (nSPS) is 13.1. The number of nitrogens with zero attached hydrogens (tertiary/aromatic N) is 4. The molecule has 29 heavy (non-hydrogen) atoms. The fourth-order valence-electron chi connectivity index (χ4n) is 3.71. The Labute approximate surface area is 166 Å². The summed E-state index contributed by atoms with van der Waals surface area (Å²) in [6, 6.07) is 5.53. The largest absolute Gasteiger partial charge is 0.505 e. The van der Waals surface area contributed by atoms with Crippen molar-refractivity contribution in [3.05, 3.63) is 62.7 Å². The van der Waals surface area contributed by atoms with Crippen LogP contribution in [0.5, 0.6) is 5.75 Å². The molecule has 0 radical (unpaired) electrons. The van der Waals surface area contributed by atoms with E-state index in [1.165, 1.54) is 0 Å². The third kappa shape index (κ3) is 3.40. The van der Waals surface area contributed by atoms with Crippen LogP contribution in [0.1, 0.15) is 48.1 Å². The molecule has 0 bridgehead atoms. The van der Waals surface area contributed by atoms with E-state index in [1.807, 2.05) is 13.0 Å². The molecule has 1 aromatic carbocycles. The van der Waals surface area contributed by atoms with Crippen molar-refractivity contribution in [3.63, 3.8) is 0 Å². The van der Waals surface area contributed by atoms with Crippen molar-refractivity contribution in [2.75, 3.05) is 0 Å². The highest BCUT2D eigenvalue weighted by atomic mass is 19.1. The number of phenols is 1. The van der Waals surface area contributed by atoms with E-state index in [0.717, 1.165) is 49.1 Å². The van der Waals surface area contributed by atoms with E-state index in [4.69, 9.17) is 4.52 Å². The highest BCUT2D eigenvalue weighted by Crippen LogP contribution is 2.30. The molecule has 0 saturated carbocycles. The summed E-state index contributed by atoms with van der Waals surface area (Å²) in [6.07, 6.45) is 4.20. The molecular formula is C21H19FN4O3. The van der Waals surface area contributed by atoms with Crippen LogP contribution in [0.4, 0.5) is 4.39 Å². The molecule has 8 heteroatoms. The number of hydrogen-bond donors (Lipinski definition) is 1. The van der Waals surface area contributed by atoms with Crippen LogP contribution in [-0.4, -0.2) is 19.8 Å². The van der Waals surface area contributed by atoms with Gasteiger partial charge in [-0.05, 0) is 37.8 Å². The molecule has 0 atom stereocenters. The summed E-state index contributed by atoms with van der Waals surface area (Å²) >= 11 is 0. The molecule has 1 N–H and O–H groups in total. The first-order valence-corrected chi connectivity index (χ1v) is 9.51. The zero-order chi connectivity index (χ0) is 20.5. The second kappa shape index (κ2) is 7.51. The summed E-state index contributed by atoms with van der Waals surface area (Å²) < 4.78 is 20.5. The highest BCUT2D eigenvalue weighted by molar-refractivity contribution is 5.68. The summed E-state index contributed by atoms with van der Waals surface area (Å²) in [5, 5.41) is 22.9. The molecule has 0 amide bonds. The molecule has 2 heterocycles. The lowest BCUT2D eigenvalue weighted by Gasteiger charge is -2.18. The Bertz CT molecular complexity index is 1190. The lowest BCUT2D eigenvalue weighted by Crippen LogP contribution is -2.32. The standard InChI is InChI=1S/C21H19FN4O3/c1-2-20-24-17-6-4-3-5-14(17)21(28)26(20)11-13-8-19(29-25-13)15-9-18(27)16(22)7-12(15)10-23/h7-9,27H,2-6,11H2,1H3. The van der Waals surface area contributed by atoms with Gasteiger partial charge >= 0.3 is 0 Å². The van der Waals surface area contributed by atoms with Crippen molar-refractivity contribution < 1.29 is 14.0 Å². The molecule has 148 valence electrons. The molecule has 2 aromatic heterocycles. The molecule has 3 aromatic rings. The number of aromatic nitrogens is 3. The van der Waals surface area contributed by atoms with Crippen molar-refractivity contribution >= 4 is 0 Å². The number of benzene rings is 1. The van der Waals surface area contributed by atoms with E-state index in [1.54, 1.807) is 10.6 Å². The Morgan fingerprint density at radius 2 is 2.10 bits per heavy atom. The van der Waals surface area contributed by atoms with Crippen LogP contribution in [0.25, 0.3) is 11.3 Å². The van der Waals surface area contributed by atoms with E-state index in [2.05, 4.69) is 10.1 Å². The van der Waals surface area contributed by atoms with E-state index in [-0.39, 0.29) is 29.0 Å². The van der Waals surface area contributed by atoms with E-state index in [0.29, 0.717) is 17.9 Å². The number of aromatic hydroxyl groups is 1. The lowest BCUT2D eigenvalue weighted by molar-refractivity contribution is 0.416. The van der Waals surface area contributed by atoms with Crippen molar-refractivity contribution in [1.29, 1.82) is 5.26 Å². The Balaban J connectivity index is 1.72. The maximum Gasteiger partial charge on any atom is 0.257 e. The number of hydrogen-bond acceptors (Lipinski definition) is 6. The fourth-order valence-corrected chi connectivity index (χ4v) is 3.71. The topological polar surface area (TPSA) is 105 Å². The van der Waals surface area contributed by atoms with Gasteiger partial charge < -0.3 is 9.63 Å². The molecule has 0 saturated heterocycles. The summed E-state index contributed by atoms with van der Waals surface area (Å²) in [6.45, 7) is 2.13. The molecule has 1 aliphatic carbocycles.